The van der Waals surface area contributed by atoms with Gasteiger partial charge in [0.15, 0.2) is 5.78 Å². The Morgan fingerprint density at radius 3 is 3.00 bits per heavy atom. The maximum absolute atomic E-state index is 12.3. The van der Waals surface area contributed by atoms with Gasteiger partial charge >= 0.3 is 0 Å². The van der Waals surface area contributed by atoms with Gasteiger partial charge in [0, 0.05) is 21.5 Å². The van der Waals surface area contributed by atoms with Gasteiger partial charge < -0.3 is 0 Å². The molecule has 0 fully saturated rings. The molecule has 0 atom stereocenters. The van der Waals surface area contributed by atoms with E-state index in [1.165, 1.54) is 16.2 Å². The van der Waals surface area contributed by atoms with E-state index in [2.05, 4.69) is 22.0 Å². The summed E-state index contributed by atoms with van der Waals surface area (Å²) < 4.78 is 1.03. The van der Waals surface area contributed by atoms with Crippen molar-refractivity contribution in [2.75, 3.05) is 5.75 Å². The molecule has 0 amide bonds. The van der Waals surface area contributed by atoms with Crippen LogP contribution in [0.5, 0.6) is 0 Å². The number of halogens is 1. The first-order valence-electron chi connectivity index (χ1n) is 6.19. The van der Waals surface area contributed by atoms with Gasteiger partial charge in [-0.1, -0.05) is 28.1 Å². The van der Waals surface area contributed by atoms with Crippen molar-refractivity contribution in [2.45, 2.75) is 18.6 Å². The highest BCUT2D eigenvalue weighted by molar-refractivity contribution is 9.10. The Hall–Kier alpha value is -0.580. The van der Waals surface area contributed by atoms with E-state index in [1.54, 1.807) is 11.3 Å². The van der Waals surface area contributed by atoms with E-state index in [4.69, 9.17) is 0 Å². The Morgan fingerprint density at radius 1 is 1.32 bits per heavy atom. The van der Waals surface area contributed by atoms with Crippen molar-refractivity contribution < 1.29 is 4.79 Å². The maximum atomic E-state index is 12.3. The largest absolute Gasteiger partial charge is 0.293 e. The number of Topliss-reactive ketones (excluding diaryl/α,β-unsaturated/α-hetero) is 1. The maximum Gasteiger partial charge on any atom is 0.177 e. The second kappa shape index (κ2) is 5.81. The molecule has 2 aromatic rings. The number of benzene rings is 1. The molecule has 1 aliphatic rings. The van der Waals surface area contributed by atoms with Gasteiger partial charge in [-0.05, 0) is 41.5 Å². The van der Waals surface area contributed by atoms with Crippen LogP contribution in [0.1, 0.15) is 25.7 Å². The Kier molecular flexibility index (Phi) is 4.10. The molecule has 2 heterocycles. The molecule has 1 aromatic heterocycles. The van der Waals surface area contributed by atoms with Crippen LogP contribution in [-0.2, 0) is 18.6 Å². The quantitative estimate of drug-likeness (QED) is 0.743. The predicted molar refractivity (Wildman–Crippen MR) is 86.4 cm³/mol. The number of thioether (sulfide) groups is 1. The van der Waals surface area contributed by atoms with E-state index < -0.39 is 0 Å². The van der Waals surface area contributed by atoms with Gasteiger partial charge in [0.1, 0.15) is 0 Å². The van der Waals surface area contributed by atoms with Crippen LogP contribution >= 0.6 is 39.0 Å². The molecule has 1 nitrogen and oxygen atoms in total. The fourth-order valence-electron chi connectivity index (χ4n) is 2.20. The smallest absolute Gasteiger partial charge is 0.177 e. The highest BCUT2D eigenvalue weighted by Crippen LogP contribution is 2.32. The van der Waals surface area contributed by atoms with Gasteiger partial charge in [-0.3, -0.25) is 4.79 Å². The molecule has 0 N–H and O–H groups in total. The molecule has 0 spiro atoms. The minimum Gasteiger partial charge on any atom is -0.293 e. The van der Waals surface area contributed by atoms with Crippen molar-refractivity contribution in [3.63, 3.8) is 0 Å². The minimum atomic E-state index is 0.238. The summed E-state index contributed by atoms with van der Waals surface area (Å²) in [5.41, 5.74) is 2.44. The van der Waals surface area contributed by atoms with Gasteiger partial charge in [0.25, 0.3) is 0 Å². The van der Waals surface area contributed by atoms with Crippen molar-refractivity contribution in [2.24, 2.45) is 0 Å². The fraction of sp³-hybridized carbons (Fsp3) is 0.267. The van der Waals surface area contributed by atoms with Crippen molar-refractivity contribution >= 4 is 44.8 Å². The fourth-order valence-corrected chi connectivity index (χ4v) is 4.96. The zero-order valence-electron chi connectivity index (χ0n) is 10.3. The number of hydrogen-bond donors (Lipinski definition) is 0. The molecule has 0 radical (unpaired) electrons. The summed E-state index contributed by atoms with van der Waals surface area (Å²) in [6.07, 6.45) is 1.61. The topological polar surface area (TPSA) is 17.1 Å². The highest BCUT2D eigenvalue weighted by Gasteiger charge is 2.17. The first kappa shape index (κ1) is 13.4. The molecule has 0 bridgehead atoms. The van der Waals surface area contributed by atoms with E-state index >= 15 is 0 Å². The lowest BCUT2D eigenvalue weighted by Crippen LogP contribution is -2.01. The van der Waals surface area contributed by atoms with Crippen LogP contribution in [0.25, 0.3) is 0 Å². The Labute approximate surface area is 129 Å². The summed E-state index contributed by atoms with van der Waals surface area (Å²) in [4.78, 5) is 14.7. The van der Waals surface area contributed by atoms with Gasteiger partial charge in [-0.25, -0.2) is 0 Å². The SMILES string of the molecule is O=C(Cc1cccc(Br)c1)c1cc2c(s1)CCSC2. The first-order valence-corrected chi connectivity index (χ1v) is 8.96. The van der Waals surface area contributed by atoms with Crippen molar-refractivity contribution in [3.8, 4) is 0 Å². The molecule has 3 rings (SSSR count). The second-order valence-electron chi connectivity index (χ2n) is 4.59. The number of hydrogen-bond acceptors (Lipinski definition) is 3. The van der Waals surface area contributed by atoms with Gasteiger partial charge in [0.2, 0.25) is 0 Å². The van der Waals surface area contributed by atoms with Gasteiger partial charge in [-0.2, -0.15) is 11.8 Å². The van der Waals surface area contributed by atoms with Crippen LogP contribution in [0.4, 0.5) is 0 Å². The molecular formula is C15H13BrOS2. The zero-order chi connectivity index (χ0) is 13.2. The molecule has 0 saturated carbocycles. The molecule has 0 saturated heterocycles. The number of carbonyl (C=O) groups is 1. The molecule has 1 aliphatic heterocycles. The minimum absolute atomic E-state index is 0.238. The summed E-state index contributed by atoms with van der Waals surface area (Å²) >= 11 is 7.09. The molecule has 0 unspecified atom stereocenters. The van der Waals surface area contributed by atoms with Gasteiger partial charge in [0.05, 0.1) is 4.88 Å². The van der Waals surface area contributed by atoms with Gasteiger partial charge in [-0.15, -0.1) is 11.3 Å². The first-order chi connectivity index (χ1) is 9.22. The summed E-state index contributed by atoms with van der Waals surface area (Å²) in [6.45, 7) is 0. The Bertz CT molecular complexity index is 595. The van der Waals surface area contributed by atoms with Crippen LogP contribution in [0, 0.1) is 0 Å². The number of thiophene rings is 1. The summed E-state index contributed by atoms with van der Waals surface area (Å²) in [7, 11) is 0. The third kappa shape index (κ3) is 3.12. The average Bonchev–Trinajstić information content (AvgIpc) is 2.82. The van der Waals surface area contributed by atoms with Crippen LogP contribution < -0.4 is 0 Å². The van der Waals surface area contributed by atoms with Crippen LogP contribution in [-0.4, -0.2) is 11.5 Å². The normalized spacial score (nSPS) is 14.2. The lowest BCUT2D eigenvalue weighted by atomic mass is 10.1. The predicted octanol–water partition coefficient (Wildman–Crippen LogP) is 4.73. The van der Waals surface area contributed by atoms with Crippen LogP contribution in [0.3, 0.4) is 0 Å². The Balaban J connectivity index is 1.78. The van der Waals surface area contributed by atoms with E-state index in [1.807, 2.05) is 36.0 Å². The van der Waals surface area contributed by atoms with Crippen LogP contribution in [0.2, 0.25) is 0 Å². The van der Waals surface area contributed by atoms with E-state index in [0.29, 0.717) is 6.42 Å². The molecular weight excluding hydrogens is 340 g/mol. The Morgan fingerprint density at radius 2 is 2.21 bits per heavy atom. The van der Waals surface area contributed by atoms with Crippen molar-refractivity contribution in [1.82, 2.24) is 0 Å². The molecule has 1 aromatic carbocycles. The van der Waals surface area contributed by atoms with Crippen LogP contribution in [0.15, 0.2) is 34.8 Å². The zero-order valence-corrected chi connectivity index (χ0v) is 13.5. The standard InChI is InChI=1S/C15H13BrOS2/c16-12-3-1-2-10(6-12)7-13(17)15-8-11-9-18-5-4-14(11)19-15/h1-3,6,8H,4-5,7,9H2. The van der Waals surface area contributed by atoms with E-state index in [-0.39, 0.29) is 5.78 Å². The number of carbonyl (C=O) groups excluding carboxylic acids is 1. The second-order valence-corrected chi connectivity index (χ2v) is 7.75. The molecule has 4 heteroatoms. The van der Waals surface area contributed by atoms with E-state index in [0.717, 1.165) is 27.1 Å². The number of rotatable bonds is 3. The van der Waals surface area contributed by atoms with Crippen molar-refractivity contribution in [1.29, 1.82) is 0 Å². The third-order valence-electron chi connectivity index (χ3n) is 3.16. The van der Waals surface area contributed by atoms with Crippen molar-refractivity contribution in [3.05, 3.63) is 55.7 Å². The summed E-state index contributed by atoms with van der Waals surface area (Å²) in [5, 5.41) is 0. The molecule has 19 heavy (non-hydrogen) atoms. The lowest BCUT2D eigenvalue weighted by Gasteiger charge is -2.08. The molecule has 0 aliphatic carbocycles. The highest BCUT2D eigenvalue weighted by atomic mass is 79.9. The monoisotopic (exact) mass is 352 g/mol. The number of ketones is 1. The summed E-state index contributed by atoms with van der Waals surface area (Å²) in [5.74, 6) is 2.49. The number of fused-ring (bicyclic) bond motifs is 1. The summed E-state index contributed by atoms with van der Waals surface area (Å²) in [6, 6.07) is 10.1. The molecule has 98 valence electrons. The van der Waals surface area contributed by atoms with E-state index in [9.17, 15) is 4.79 Å². The third-order valence-corrected chi connectivity index (χ3v) is 5.94. The number of aryl methyl sites for hydroxylation is 1. The average molecular weight is 353 g/mol. The lowest BCUT2D eigenvalue weighted by molar-refractivity contribution is 0.0997.